The molecule has 0 atom stereocenters. The van der Waals surface area contributed by atoms with Crippen molar-refractivity contribution in [3.05, 3.63) is 69.8 Å². The third kappa shape index (κ3) is 3.32. The molecule has 0 unspecified atom stereocenters. The molecule has 130 valence electrons. The number of carbonyl (C=O) groups is 2. The van der Waals surface area contributed by atoms with Gasteiger partial charge in [-0.15, -0.1) is 0 Å². The van der Waals surface area contributed by atoms with E-state index in [9.17, 15) is 9.59 Å². The molecule has 2 aliphatic rings. The predicted octanol–water partition coefficient (Wildman–Crippen LogP) is 3.92. The molecule has 26 heavy (non-hydrogen) atoms. The van der Waals surface area contributed by atoms with Crippen molar-refractivity contribution < 1.29 is 14.3 Å². The fraction of sp³-hybridized carbons (Fsp3) is 0.150. The Kier molecular flexibility index (Phi) is 4.42. The first kappa shape index (κ1) is 16.7. The van der Waals surface area contributed by atoms with Crippen LogP contribution in [0.2, 0.25) is 0 Å². The average Bonchev–Trinajstić information content (AvgIpc) is 3.21. The minimum atomic E-state index is -0.473. The van der Waals surface area contributed by atoms with Crippen LogP contribution in [-0.4, -0.2) is 24.3 Å². The molecule has 2 aromatic rings. The molecule has 0 saturated carbocycles. The van der Waals surface area contributed by atoms with Crippen LogP contribution in [-0.2, 0) is 14.3 Å². The van der Waals surface area contributed by atoms with Crippen LogP contribution in [0.4, 0.5) is 5.69 Å². The molecule has 5 nitrogen and oxygen atoms in total. The lowest BCUT2D eigenvalue weighted by molar-refractivity contribution is -0.130. The molecular weight excluding hydrogens is 396 g/mol. The van der Waals surface area contributed by atoms with Gasteiger partial charge in [-0.25, -0.2) is 9.79 Å². The highest BCUT2D eigenvalue weighted by Gasteiger charge is 2.25. The number of carbonyl (C=O) groups excluding carboxylic acids is 2. The summed E-state index contributed by atoms with van der Waals surface area (Å²) in [6.07, 6.45) is 3.17. The highest BCUT2D eigenvalue weighted by Crippen LogP contribution is 2.24. The molecule has 0 N–H and O–H groups in total. The maximum Gasteiger partial charge on any atom is 0.363 e. The summed E-state index contributed by atoms with van der Waals surface area (Å²) in [7, 11) is 0. The Hall–Kier alpha value is -2.73. The second-order valence-corrected chi connectivity index (χ2v) is 7.00. The Bertz CT molecular complexity index is 948. The van der Waals surface area contributed by atoms with E-state index in [0.717, 1.165) is 28.7 Å². The highest BCUT2D eigenvalue weighted by molar-refractivity contribution is 9.10. The van der Waals surface area contributed by atoms with Gasteiger partial charge in [-0.05, 0) is 54.5 Å². The van der Waals surface area contributed by atoms with Crippen LogP contribution in [0.5, 0.6) is 0 Å². The van der Waals surface area contributed by atoms with E-state index in [-0.39, 0.29) is 17.5 Å². The zero-order chi connectivity index (χ0) is 18.1. The summed E-state index contributed by atoms with van der Waals surface area (Å²) < 4.78 is 6.22. The smallest absolute Gasteiger partial charge is 0.363 e. The normalized spacial score (nSPS) is 18.4. The number of hydrogen-bond acceptors (Lipinski definition) is 4. The predicted molar refractivity (Wildman–Crippen MR) is 103 cm³/mol. The van der Waals surface area contributed by atoms with E-state index in [1.54, 1.807) is 11.0 Å². The van der Waals surface area contributed by atoms with Gasteiger partial charge in [0.25, 0.3) is 0 Å². The number of aliphatic imine (C=N–C) groups is 1. The van der Waals surface area contributed by atoms with Gasteiger partial charge in [-0.1, -0.05) is 28.1 Å². The molecule has 6 heteroatoms. The standard InChI is InChI=1S/C20H15BrN2O3/c21-15-4-1-3-13(11-15)12-17-20(25)26-19(22-17)14-6-8-16(9-7-14)23-10-2-5-18(23)24/h1,3-4,6-9,11-12H,2,5,10H2. The number of nitrogens with zero attached hydrogens (tertiary/aromatic N) is 2. The van der Waals surface area contributed by atoms with E-state index >= 15 is 0 Å². The molecule has 4 rings (SSSR count). The molecule has 0 spiro atoms. The van der Waals surface area contributed by atoms with E-state index in [4.69, 9.17) is 4.74 Å². The van der Waals surface area contributed by atoms with E-state index in [1.165, 1.54) is 0 Å². The van der Waals surface area contributed by atoms with Crippen LogP contribution in [0, 0.1) is 0 Å². The molecule has 1 saturated heterocycles. The molecule has 2 heterocycles. The number of ether oxygens (including phenoxy) is 1. The molecule has 2 aromatic carbocycles. The summed E-state index contributed by atoms with van der Waals surface area (Å²) in [5, 5.41) is 0. The van der Waals surface area contributed by atoms with Crippen molar-refractivity contribution in [1.29, 1.82) is 0 Å². The van der Waals surface area contributed by atoms with Gasteiger partial charge in [0.15, 0.2) is 5.70 Å². The van der Waals surface area contributed by atoms with Crippen molar-refractivity contribution in [1.82, 2.24) is 0 Å². The van der Waals surface area contributed by atoms with Crippen molar-refractivity contribution in [3.8, 4) is 0 Å². The van der Waals surface area contributed by atoms with E-state index < -0.39 is 5.97 Å². The number of benzene rings is 2. The van der Waals surface area contributed by atoms with Crippen molar-refractivity contribution in [2.75, 3.05) is 11.4 Å². The molecule has 1 fully saturated rings. The zero-order valence-corrected chi connectivity index (χ0v) is 15.4. The fourth-order valence-corrected chi connectivity index (χ4v) is 3.41. The molecule has 0 bridgehead atoms. The third-order valence-corrected chi connectivity index (χ3v) is 4.77. The van der Waals surface area contributed by atoms with Crippen LogP contribution in [0.25, 0.3) is 6.08 Å². The van der Waals surface area contributed by atoms with Gasteiger partial charge < -0.3 is 9.64 Å². The summed E-state index contributed by atoms with van der Waals surface area (Å²) in [4.78, 5) is 30.0. The maximum atomic E-state index is 12.1. The Morgan fingerprint density at radius 2 is 1.92 bits per heavy atom. The van der Waals surface area contributed by atoms with Gasteiger partial charge in [-0.3, -0.25) is 4.79 Å². The molecule has 0 radical (unpaired) electrons. The van der Waals surface area contributed by atoms with Crippen LogP contribution >= 0.6 is 15.9 Å². The van der Waals surface area contributed by atoms with E-state index in [1.807, 2.05) is 48.5 Å². The summed E-state index contributed by atoms with van der Waals surface area (Å²) in [5.41, 5.74) is 2.67. The topological polar surface area (TPSA) is 59.0 Å². The van der Waals surface area contributed by atoms with Crippen molar-refractivity contribution in [3.63, 3.8) is 0 Å². The summed E-state index contributed by atoms with van der Waals surface area (Å²) in [6, 6.07) is 14.9. The Morgan fingerprint density at radius 3 is 2.62 bits per heavy atom. The van der Waals surface area contributed by atoms with Gasteiger partial charge in [0, 0.05) is 28.7 Å². The van der Waals surface area contributed by atoms with Gasteiger partial charge in [0.2, 0.25) is 11.8 Å². The quantitative estimate of drug-likeness (QED) is 0.568. The number of esters is 1. The lowest BCUT2D eigenvalue weighted by Gasteiger charge is -2.15. The first-order chi connectivity index (χ1) is 12.6. The second kappa shape index (κ2) is 6.88. The molecule has 1 amide bonds. The highest BCUT2D eigenvalue weighted by atomic mass is 79.9. The minimum Gasteiger partial charge on any atom is -0.402 e. The molecule has 0 aromatic heterocycles. The SMILES string of the molecule is O=C1OC(c2ccc(N3CCCC3=O)cc2)=NC1=Cc1cccc(Br)c1. The van der Waals surface area contributed by atoms with E-state index in [0.29, 0.717) is 12.0 Å². The maximum absolute atomic E-state index is 12.1. The average molecular weight is 411 g/mol. The molecular formula is C20H15BrN2O3. The number of rotatable bonds is 3. The van der Waals surface area contributed by atoms with Crippen molar-refractivity contribution in [2.24, 2.45) is 4.99 Å². The lowest BCUT2D eigenvalue weighted by atomic mass is 10.2. The van der Waals surface area contributed by atoms with Gasteiger partial charge in [0.1, 0.15) is 0 Å². The first-order valence-corrected chi connectivity index (χ1v) is 9.08. The molecule has 0 aliphatic carbocycles. The first-order valence-electron chi connectivity index (χ1n) is 8.29. The summed E-state index contributed by atoms with van der Waals surface area (Å²) in [5.74, 6) is -0.0593. The second-order valence-electron chi connectivity index (χ2n) is 6.09. The van der Waals surface area contributed by atoms with Crippen molar-refractivity contribution in [2.45, 2.75) is 12.8 Å². The zero-order valence-electron chi connectivity index (χ0n) is 13.8. The Labute approximate surface area is 159 Å². The van der Waals surface area contributed by atoms with Crippen LogP contribution < -0.4 is 4.90 Å². The van der Waals surface area contributed by atoms with Crippen LogP contribution in [0.15, 0.2) is 63.7 Å². The number of amides is 1. The Balaban J connectivity index is 1.58. The van der Waals surface area contributed by atoms with Gasteiger partial charge >= 0.3 is 5.97 Å². The largest absolute Gasteiger partial charge is 0.402 e. The van der Waals surface area contributed by atoms with Gasteiger partial charge in [-0.2, -0.15) is 0 Å². The van der Waals surface area contributed by atoms with Crippen LogP contribution in [0.3, 0.4) is 0 Å². The van der Waals surface area contributed by atoms with E-state index in [2.05, 4.69) is 20.9 Å². The molecule has 2 aliphatic heterocycles. The monoisotopic (exact) mass is 410 g/mol. The van der Waals surface area contributed by atoms with Gasteiger partial charge in [0.05, 0.1) is 0 Å². The number of anilines is 1. The summed E-state index contributed by atoms with van der Waals surface area (Å²) in [6.45, 7) is 0.744. The third-order valence-electron chi connectivity index (χ3n) is 4.27. The number of halogens is 1. The fourth-order valence-electron chi connectivity index (χ4n) is 2.99. The lowest BCUT2D eigenvalue weighted by Crippen LogP contribution is -2.23. The summed E-state index contributed by atoms with van der Waals surface area (Å²) >= 11 is 3.40. The number of hydrogen-bond donors (Lipinski definition) is 0. The van der Waals surface area contributed by atoms with Crippen molar-refractivity contribution >= 4 is 45.5 Å². The Morgan fingerprint density at radius 1 is 1.12 bits per heavy atom. The van der Waals surface area contributed by atoms with Crippen LogP contribution in [0.1, 0.15) is 24.0 Å². The number of cyclic esters (lactones) is 1. The minimum absolute atomic E-state index is 0.140.